The van der Waals surface area contributed by atoms with Gasteiger partial charge in [-0.25, -0.2) is 0 Å². The molecule has 0 radical (unpaired) electrons. The Hall–Kier alpha value is -4.82. The SMILES string of the molecule is c1ccc(N(c2ccccc2)c2ccccc2)cc1.c1ccc2c(c1)ccc1c3ccccc3[nH]c21. The summed E-state index contributed by atoms with van der Waals surface area (Å²) in [5.41, 5.74) is 5.95. The zero-order chi connectivity index (χ0) is 24.2. The number of nitrogens with zero attached hydrogens (tertiary/aromatic N) is 1. The molecule has 172 valence electrons. The van der Waals surface area contributed by atoms with Gasteiger partial charge in [-0.2, -0.15) is 0 Å². The van der Waals surface area contributed by atoms with Gasteiger partial charge in [-0.05, 0) is 47.9 Å². The standard InChI is InChI=1S/C18H15N.C16H11N/c1-4-10-16(11-5-1)19(17-12-6-2-7-13-17)18-14-8-3-9-15-18;1-2-6-12-11(5-1)9-10-14-13-7-3-4-8-15(13)17-16(12)14/h1-15H;1-10,17H. The molecule has 0 amide bonds. The lowest BCUT2D eigenvalue weighted by Crippen LogP contribution is -2.09. The molecule has 7 rings (SSSR count). The first-order valence-corrected chi connectivity index (χ1v) is 12.2. The Labute approximate surface area is 211 Å². The van der Waals surface area contributed by atoms with Crippen molar-refractivity contribution in [2.45, 2.75) is 0 Å². The number of hydrogen-bond donors (Lipinski definition) is 1. The number of anilines is 3. The van der Waals surface area contributed by atoms with Crippen LogP contribution in [0.5, 0.6) is 0 Å². The summed E-state index contributed by atoms with van der Waals surface area (Å²) in [7, 11) is 0. The summed E-state index contributed by atoms with van der Waals surface area (Å²) < 4.78 is 0. The van der Waals surface area contributed by atoms with E-state index in [1.165, 1.54) is 49.6 Å². The number of aromatic amines is 1. The minimum Gasteiger partial charge on any atom is -0.354 e. The van der Waals surface area contributed by atoms with Crippen LogP contribution in [0.25, 0.3) is 32.6 Å². The molecule has 36 heavy (non-hydrogen) atoms. The van der Waals surface area contributed by atoms with Gasteiger partial charge in [-0.15, -0.1) is 0 Å². The van der Waals surface area contributed by atoms with Gasteiger partial charge in [0.05, 0.1) is 5.52 Å². The van der Waals surface area contributed by atoms with E-state index in [-0.39, 0.29) is 0 Å². The highest BCUT2D eigenvalue weighted by Crippen LogP contribution is 2.33. The van der Waals surface area contributed by atoms with Crippen LogP contribution in [-0.2, 0) is 0 Å². The molecule has 1 N–H and O–H groups in total. The van der Waals surface area contributed by atoms with Crippen molar-refractivity contribution in [1.29, 1.82) is 0 Å². The van der Waals surface area contributed by atoms with Crippen molar-refractivity contribution in [3.05, 3.63) is 152 Å². The predicted molar refractivity (Wildman–Crippen MR) is 154 cm³/mol. The highest BCUT2D eigenvalue weighted by molar-refractivity contribution is 6.16. The van der Waals surface area contributed by atoms with E-state index in [9.17, 15) is 0 Å². The topological polar surface area (TPSA) is 19.0 Å². The fraction of sp³-hybridized carbons (Fsp3) is 0. The third-order valence-electron chi connectivity index (χ3n) is 6.45. The Morgan fingerprint density at radius 1 is 0.361 bits per heavy atom. The second-order valence-electron chi connectivity index (χ2n) is 8.72. The molecule has 0 aliphatic carbocycles. The number of para-hydroxylation sites is 4. The second-order valence-corrected chi connectivity index (χ2v) is 8.72. The minimum atomic E-state index is 1.17. The van der Waals surface area contributed by atoms with Crippen LogP contribution in [0.3, 0.4) is 0 Å². The van der Waals surface area contributed by atoms with Gasteiger partial charge in [0.25, 0.3) is 0 Å². The van der Waals surface area contributed by atoms with E-state index >= 15 is 0 Å². The van der Waals surface area contributed by atoms with Crippen LogP contribution in [0.15, 0.2) is 152 Å². The van der Waals surface area contributed by atoms with E-state index < -0.39 is 0 Å². The fourth-order valence-electron chi connectivity index (χ4n) is 4.77. The first kappa shape index (κ1) is 21.7. The number of hydrogen-bond acceptors (Lipinski definition) is 1. The van der Waals surface area contributed by atoms with Gasteiger partial charge >= 0.3 is 0 Å². The molecular weight excluding hydrogens is 436 g/mol. The second kappa shape index (κ2) is 9.81. The molecule has 0 aliphatic rings. The number of benzene rings is 6. The van der Waals surface area contributed by atoms with Gasteiger partial charge in [-0.1, -0.05) is 109 Å². The van der Waals surface area contributed by atoms with Gasteiger partial charge < -0.3 is 9.88 Å². The molecule has 0 spiro atoms. The molecule has 0 saturated heterocycles. The number of fused-ring (bicyclic) bond motifs is 5. The van der Waals surface area contributed by atoms with Crippen molar-refractivity contribution in [1.82, 2.24) is 4.98 Å². The first-order valence-electron chi connectivity index (χ1n) is 12.2. The van der Waals surface area contributed by atoms with Gasteiger partial charge in [0.15, 0.2) is 0 Å². The highest BCUT2D eigenvalue weighted by Gasteiger charge is 2.10. The molecule has 0 atom stereocenters. The Morgan fingerprint density at radius 2 is 0.833 bits per heavy atom. The lowest BCUT2D eigenvalue weighted by molar-refractivity contribution is 1.28. The van der Waals surface area contributed by atoms with Crippen LogP contribution in [0, 0.1) is 0 Å². The van der Waals surface area contributed by atoms with E-state index in [0.717, 1.165) is 0 Å². The normalized spacial score (nSPS) is 10.8. The van der Waals surface area contributed by atoms with Crippen LogP contribution in [0.1, 0.15) is 0 Å². The molecule has 0 fully saturated rings. The van der Waals surface area contributed by atoms with Crippen molar-refractivity contribution in [3.63, 3.8) is 0 Å². The Morgan fingerprint density at radius 3 is 1.42 bits per heavy atom. The molecule has 1 aromatic heterocycles. The van der Waals surface area contributed by atoms with Gasteiger partial charge in [0, 0.05) is 38.7 Å². The number of nitrogens with one attached hydrogen (secondary N) is 1. The maximum Gasteiger partial charge on any atom is 0.0544 e. The van der Waals surface area contributed by atoms with Gasteiger partial charge in [0.2, 0.25) is 0 Å². The predicted octanol–water partition coefficient (Wildman–Crippen LogP) is 9.63. The molecule has 0 bridgehead atoms. The minimum absolute atomic E-state index is 1.17. The zero-order valence-corrected chi connectivity index (χ0v) is 19.9. The molecule has 0 unspecified atom stereocenters. The summed E-state index contributed by atoms with van der Waals surface area (Å²) in [5, 5.41) is 5.18. The van der Waals surface area contributed by atoms with Crippen molar-refractivity contribution in [2.75, 3.05) is 4.90 Å². The largest absolute Gasteiger partial charge is 0.354 e. The molecule has 1 heterocycles. The summed E-state index contributed by atoms with van der Waals surface area (Å²) in [6.45, 7) is 0. The molecular formula is C34H26N2. The number of H-pyrrole nitrogens is 1. The average molecular weight is 463 g/mol. The monoisotopic (exact) mass is 462 g/mol. The molecule has 7 aromatic rings. The van der Waals surface area contributed by atoms with E-state index in [1.54, 1.807) is 0 Å². The summed E-state index contributed by atoms with van der Waals surface area (Å²) in [4.78, 5) is 5.77. The van der Waals surface area contributed by atoms with Crippen LogP contribution in [0.4, 0.5) is 17.1 Å². The Balaban J connectivity index is 0.000000134. The highest BCUT2D eigenvalue weighted by atomic mass is 15.1. The number of aromatic nitrogens is 1. The summed E-state index contributed by atoms with van der Waals surface area (Å²) in [5.74, 6) is 0. The van der Waals surface area contributed by atoms with Crippen molar-refractivity contribution in [3.8, 4) is 0 Å². The molecule has 6 aromatic carbocycles. The maximum atomic E-state index is 3.52. The summed E-state index contributed by atoms with van der Waals surface area (Å²) in [6, 6.07) is 52.6. The van der Waals surface area contributed by atoms with Crippen LogP contribution in [0.2, 0.25) is 0 Å². The van der Waals surface area contributed by atoms with E-state index in [0.29, 0.717) is 0 Å². The first-order chi connectivity index (χ1) is 17.9. The van der Waals surface area contributed by atoms with Gasteiger partial charge in [0.1, 0.15) is 0 Å². The molecule has 2 nitrogen and oxygen atoms in total. The maximum absolute atomic E-state index is 3.52. The summed E-state index contributed by atoms with van der Waals surface area (Å²) >= 11 is 0. The third-order valence-corrected chi connectivity index (χ3v) is 6.45. The van der Waals surface area contributed by atoms with E-state index in [2.05, 4.69) is 143 Å². The summed E-state index contributed by atoms with van der Waals surface area (Å²) in [6.07, 6.45) is 0. The quantitative estimate of drug-likeness (QED) is 0.277. The van der Waals surface area contributed by atoms with Crippen molar-refractivity contribution in [2.24, 2.45) is 0 Å². The number of rotatable bonds is 3. The lowest BCUT2D eigenvalue weighted by atomic mass is 10.1. The van der Waals surface area contributed by atoms with E-state index in [1.807, 2.05) is 18.2 Å². The van der Waals surface area contributed by atoms with Crippen LogP contribution in [-0.4, -0.2) is 4.98 Å². The zero-order valence-electron chi connectivity index (χ0n) is 19.9. The fourth-order valence-corrected chi connectivity index (χ4v) is 4.77. The van der Waals surface area contributed by atoms with E-state index in [4.69, 9.17) is 0 Å². The molecule has 2 heteroatoms. The third kappa shape index (κ3) is 4.21. The smallest absolute Gasteiger partial charge is 0.0544 e. The Kier molecular flexibility index (Phi) is 5.91. The molecule has 0 saturated carbocycles. The van der Waals surface area contributed by atoms with Crippen molar-refractivity contribution < 1.29 is 0 Å². The molecule has 0 aliphatic heterocycles. The average Bonchev–Trinajstić information content (AvgIpc) is 3.35. The van der Waals surface area contributed by atoms with Gasteiger partial charge in [-0.3, -0.25) is 0 Å². The van der Waals surface area contributed by atoms with Crippen LogP contribution < -0.4 is 4.90 Å². The Bertz CT molecular complexity index is 1630. The lowest BCUT2D eigenvalue weighted by Gasteiger charge is -2.25. The van der Waals surface area contributed by atoms with Crippen molar-refractivity contribution >= 4 is 49.6 Å². The van der Waals surface area contributed by atoms with Crippen LogP contribution >= 0.6 is 0 Å².